The number of aromatic amines is 1. The fourth-order valence-electron chi connectivity index (χ4n) is 2.52. The molecule has 7 nitrogen and oxygen atoms in total. The first kappa shape index (κ1) is 15.7. The van der Waals surface area contributed by atoms with Crippen LogP contribution < -0.4 is 4.72 Å². The molecule has 0 saturated heterocycles. The number of H-pyrrole nitrogens is 1. The highest BCUT2D eigenvalue weighted by molar-refractivity contribution is 7.89. The molecule has 23 heavy (non-hydrogen) atoms. The number of nitrogens with zero attached hydrogens (tertiary/aromatic N) is 2. The standard InChI is InChI=1S/C15H18N4O3S/c1-19-8-15(17-10-19)23(21,22)18-12(9-20)6-11-7-16-14-5-3-2-4-13(11)14/h2-5,7-8,10,12,16,18,20H,6,9H2,1H3. The second kappa shape index (κ2) is 6.15. The number of aryl methyl sites for hydroxylation is 1. The van der Waals surface area contributed by atoms with E-state index in [0.29, 0.717) is 6.42 Å². The molecule has 2 aromatic heterocycles. The molecule has 0 aliphatic carbocycles. The quantitative estimate of drug-likeness (QED) is 0.620. The second-order valence-electron chi connectivity index (χ2n) is 5.44. The van der Waals surface area contributed by atoms with Crippen molar-refractivity contribution in [2.45, 2.75) is 17.5 Å². The van der Waals surface area contributed by atoms with E-state index in [1.807, 2.05) is 30.5 Å². The topological polar surface area (TPSA) is 100 Å². The van der Waals surface area contributed by atoms with Gasteiger partial charge in [-0.15, -0.1) is 0 Å². The number of hydrogen-bond donors (Lipinski definition) is 3. The lowest BCUT2D eigenvalue weighted by Gasteiger charge is -2.15. The Morgan fingerprint density at radius 2 is 2.17 bits per heavy atom. The van der Waals surface area contributed by atoms with Crippen LogP contribution in [0.3, 0.4) is 0 Å². The number of aromatic nitrogens is 3. The van der Waals surface area contributed by atoms with E-state index < -0.39 is 16.1 Å². The lowest BCUT2D eigenvalue weighted by Crippen LogP contribution is -2.39. The lowest BCUT2D eigenvalue weighted by atomic mass is 10.1. The molecule has 1 unspecified atom stereocenters. The summed E-state index contributed by atoms with van der Waals surface area (Å²) in [4.78, 5) is 6.99. The zero-order valence-electron chi connectivity index (χ0n) is 12.6. The summed E-state index contributed by atoms with van der Waals surface area (Å²) in [6, 6.07) is 7.14. The summed E-state index contributed by atoms with van der Waals surface area (Å²) in [5.41, 5.74) is 1.93. The van der Waals surface area contributed by atoms with Crippen molar-refractivity contribution in [3.8, 4) is 0 Å². The van der Waals surface area contributed by atoms with Crippen LogP contribution in [0.15, 0.2) is 48.0 Å². The Morgan fingerprint density at radius 3 is 2.87 bits per heavy atom. The van der Waals surface area contributed by atoms with Gasteiger partial charge in [0.15, 0.2) is 5.03 Å². The Morgan fingerprint density at radius 1 is 1.39 bits per heavy atom. The van der Waals surface area contributed by atoms with Crippen LogP contribution >= 0.6 is 0 Å². The van der Waals surface area contributed by atoms with Crippen LogP contribution in [0.1, 0.15) is 5.56 Å². The molecule has 122 valence electrons. The van der Waals surface area contributed by atoms with Gasteiger partial charge in [0.2, 0.25) is 0 Å². The number of imidazole rings is 1. The van der Waals surface area contributed by atoms with Gasteiger partial charge in [0.25, 0.3) is 10.0 Å². The smallest absolute Gasteiger partial charge is 0.259 e. The highest BCUT2D eigenvalue weighted by Crippen LogP contribution is 2.19. The van der Waals surface area contributed by atoms with Gasteiger partial charge in [-0.05, 0) is 18.1 Å². The molecular formula is C15H18N4O3S. The molecule has 8 heteroatoms. The third-order valence-electron chi connectivity index (χ3n) is 3.64. The van der Waals surface area contributed by atoms with E-state index in [4.69, 9.17) is 0 Å². The van der Waals surface area contributed by atoms with Gasteiger partial charge in [0.1, 0.15) is 0 Å². The van der Waals surface area contributed by atoms with E-state index >= 15 is 0 Å². The Kier molecular flexibility index (Phi) is 4.20. The zero-order chi connectivity index (χ0) is 16.4. The lowest BCUT2D eigenvalue weighted by molar-refractivity contribution is 0.256. The van der Waals surface area contributed by atoms with Crippen molar-refractivity contribution >= 4 is 20.9 Å². The van der Waals surface area contributed by atoms with Gasteiger partial charge in [-0.1, -0.05) is 18.2 Å². The zero-order valence-corrected chi connectivity index (χ0v) is 13.4. The maximum atomic E-state index is 12.3. The number of aliphatic hydroxyl groups excluding tert-OH is 1. The van der Waals surface area contributed by atoms with Crippen LogP contribution in [-0.2, 0) is 23.5 Å². The van der Waals surface area contributed by atoms with Crippen molar-refractivity contribution < 1.29 is 13.5 Å². The molecule has 0 aliphatic rings. The molecule has 0 radical (unpaired) electrons. The summed E-state index contributed by atoms with van der Waals surface area (Å²) in [7, 11) is -2.06. The second-order valence-corrected chi connectivity index (χ2v) is 7.10. The summed E-state index contributed by atoms with van der Waals surface area (Å²) >= 11 is 0. The predicted molar refractivity (Wildman–Crippen MR) is 86.4 cm³/mol. The van der Waals surface area contributed by atoms with Gasteiger partial charge in [0.05, 0.1) is 12.9 Å². The monoisotopic (exact) mass is 334 g/mol. The van der Waals surface area contributed by atoms with Crippen LogP contribution in [0.5, 0.6) is 0 Å². The van der Waals surface area contributed by atoms with E-state index in [-0.39, 0.29) is 11.6 Å². The fourth-order valence-corrected chi connectivity index (χ4v) is 3.73. The Hall–Kier alpha value is -2.16. The van der Waals surface area contributed by atoms with Gasteiger partial charge >= 0.3 is 0 Å². The van der Waals surface area contributed by atoms with Crippen molar-refractivity contribution in [3.05, 3.63) is 48.5 Å². The number of sulfonamides is 1. The number of hydrogen-bond acceptors (Lipinski definition) is 4. The third kappa shape index (κ3) is 3.29. The molecular weight excluding hydrogens is 316 g/mol. The number of rotatable bonds is 6. The largest absolute Gasteiger partial charge is 0.395 e. The number of benzene rings is 1. The highest BCUT2D eigenvalue weighted by Gasteiger charge is 2.22. The first-order chi connectivity index (χ1) is 11.0. The molecule has 2 heterocycles. The van der Waals surface area contributed by atoms with E-state index in [9.17, 15) is 13.5 Å². The van der Waals surface area contributed by atoms with E-state index in [2.05, 4.69) is 14.7 Å². The predicted octanol–water partition coefficient (Wildman–Crippen LogP) is 0.783. The van der Waals surface area contributed by atoms with Crippen LogP contribution in [0.4, 0.5) is 0 Å². The fraction of sp³-hybridized carbons (Fsp3) is 0.267. The molecule has 0 bridgehead atoms. The molecule has 0 fully saturated rings. The Balaban J connectivity index is 1.80. The minimum Gasteiger partial charge on any atom is -0.395 e. The summed E-state index contributed by atoms with van der Waals surface area (Å²) in [5.74, 6) is 0. The van der Waals surface area contributed by atoms with Crippen molar-refractivity contribution in [3.63, 3.8) is 0 Å². The SMILES string of the molecule is Cn1cnc(S(=O)(=O)NC(CO)Cc2c[nH]c3ccccc23)c1. The minimum atomic E-state index is -3.76. The van der Waals surface area contributed by atoms with Crippen LogP contribution in [0.25, 0.3) is 10.9 Å². The van der Waals surface area contributed by atoms with E-state index in [0.717, 1.165) is 16.5 Å². The molecule has 3 aromatic rings. The first-order valence-electron chi connectivity index (χ1n) is 7.16. The maximum Gasteiger partial charge on any atom is 0.259 e. The molecule has 3 rings (SSSR count). The molecule has 0 spiro atoms. The summed E-state index contributed by atoms with van der Waals surface area (Å²) < 4.78 is 28.7. The van der Waals surface area contributed by atoms with Crippen LogP contribution in [0.2, 0.25) is 0 Å². The van der Waals surface area contributed by atoms with Crippen molar-refractivity contribution in [1.82, 2.24) is 19.3 Å². The number of aliphatic hydroxyl groups is 1. The Labute approximate surface area is 134 Å². The molecule has 1 atom stereocenters. The third-order valence-corrected chi connectivity index (χ3v) is 5.05. The summed E-state index contributed by atoms with van der Waals surface area (Å²) in [6.07, 6.45) is 5.06. The maximum absolute atomic E-state index is 12.3. The molecule has 1 aromatic carbocycles. The van der Waals surface area contributed by atoms with E-state index in [1.165, 1.54) is 12.5 Å². The summed E-state index contributed by atoms with van der Waals surface area (Å²) in [5, 5.41) is 10.5. The molecule has 0 amide bonds. The number of para-hydroxylation sites is 1. The average Bonchev–Trinajstić information content (AvgIpc) is 3.14. The van der Waals surface area contributed by atoms with Crippen molar-refractivity contribution in [2.24, 2.45) is 7.05 Å². The highest BCUT2D eigenvalue weighted by atomic mass is 32.2. The minimum absolute atomic E-state index is 0.0580. The van der Waals surface area contributed by atoms with Crippen molar-refractivity contribution in [1.29, 1.82) is 0 Å². The molecule has 3 N–H and O–H groups in total. The van der Waals surface area contributed by atoms with Gasteiger partial charge in [-0.25, -0.2) is 18.1 Å². The first-order valence-corrected chi connectivity index (χ1v) is 8.64. The molecule has 0 saturated carbocycles. The van der Waals surface area contributed by atoms with Gasteiger partial charge < -0.3 is 14.7 Å². The van der Waals surface area contributed by atoms with Gasteiger partial charge in [-0.3, -0.25) is 0 Å². The van der Waals surface area contributed by atoms with Crippen LogP contribution in [-0.4, -0.2) is 40.7 Å². The van der Waals surface area contributed by atoms with E-state index in [1.54, 1.807) is 11.6 Å². The average molecular weight is 334 g/mol. The summed E-state index contributed by atoms with van der Waals surface area (Å²) in [6.45, 7) is -0.300. The normalized spacial score (nSPS) is 13.5. The number of fused-ring (bicyclic) bond motifs is 1. The van der Waals surface area contributed by atoms with Crippen molar-refractivity contribution in [2.75, 3.05) is 6.61 Å². The van der Waals surface area contributed by atoms with Crippen LogP contribution in [0, 0.1) is 0 Å². The van der Waals surface area contributed by atoms with Gasteiger partial charge in [-0.2, -0.15) is 0 Å². The van der Waals surface area contributed by atoms with Gasteiger partial charge in [0, 0.05) is 36.4 Å². The molecule has 0 aliphatic heterocycles. The Bertz CT molecular complexity index is 914. The number of nitrogens with one attached hydrogen (secondary N) is 2.